The molecule has 3 aliphatic rings. The van der Waals surface area contributed by atoms with Crippen LogP contribution < -0.4 is 5.32 Å². The summed E-state index contributed by atoms with van der Waals surface area (Å²) in [5.41, 5.74) is 0. The Morgan fingerprint density at radius 2 is 0.620 bits per heavy atom. The molecule has 12 N–H and O–H groups in total. The number of ether oxygens (including phenoxy) is 6. The van der Waals surface area contributed by atoms with Gasteiger partial charge in [-0.3, -0.25) is 4.79 Å². The van der Waals surface area contributed by atoms with E-state index in [4.69, 9.17) is 28.4 Å². The lowest BCUT2D eigenvalue weighted by atomic mass is 9.96. The molecule has 3 aliphatic heterocycles. The molecule has 3 rings (SSSR count). The number of hydrogen-bond acceptors (Lipinski definition) is 18. The minimum atomic E-state index is -1.98. The lowest BCUT2D eigenvalue weighted by molar-refractivity contribution is -0.379. The van der Waals surface area contributed by atoms with E-state index < -0.39 is 124 Å². The van der Waals surface area contributed by atoms with Gasteiger partial charge < -0.3 is 89.9 Å². The van der Waals surface area contributed by atoms with E-state index in [1.165, 1.54) is 302 Å². The topological polar surface area (TPSA) is 307 Å². The molecule has 634 valence electrons. The van der Waals surface area contributed by atoms with Gasteiger partial charge in [0.25, 0.3) is 0 Å². The first kappa shape index (κ1) is 99.9. The molecule has 17 atom stereocenters. The lowest BCUT2D eigenvalue weighted by Gasteiger charge is -2.48. The number of aliphatic hydroxyl groups is 11. The van der Waals surface area contributed by atoms with Gasteiger partial charge >= 0.3 is 0 Å². The standard InChI is InChI=1S/C89H165NO18/c1-3-5-7-9-11-13-15-17-19-21-23-25-27-29-31-33-35-37-38-40-42-44-46-48-50-52-54-56-58-60-62-64-66-73(94)72(90-77(95)67-65-63-61-59-57-55-53-51-49-47-45-43-41-39-36-34-32-30-28-26-24-22-20-18-16-14-12-10-8-6-4-2)71-103-87-83(101)80(98)85(75(69-92)105-87)108-89-84(102)81(99)86(76(70-93)106-89)107-88-82(100)79(97)78(96)74(68-91)104-88/h16,18,22,24,56,58,64,66,72-76,78-89,91-94,96-102H,3-15,17,19-21,23,25-55,57,59-63,65,67-71H2,1-2H3,(H,90,95)/b18-16-,24-22-,58-56+,66-64+. The third kappa shape index (κ3) is 47.6. The second kappa shape index (κ2) is 69.1. The number of carbonyl (C=O) groups excluding carboxylic acids is 1. The highest BCUT2D eigenvalue weighted by atomic mass is 16.8. The average Bonchev–Trinajstić information content (AvgIpc) is 0.779. The monoisotopic (exact) mass is 1540 g/mol. The maximum absolute atomic E-state index is 13.5. The van der Waals surface area contributed by atoms with Gasteiger partial charge in [0.2, 0.25) is 5.91 Å². The Morgan fingerprint density at radius 3 is 0.981 bits per heavy atom. The van der Waals surface area contributed by atoms with Crippen LogP contribution in [-0.4, -0.2) is 193 Å². The average molecular weight is 1540 g/mol. The van der Waals surface area contributed by atoms with Gasteiger partial charge in [-0.15, -0.1) is 0 Å². The predicted octanol–water partition coefficient (Wildman–Crippen LogP) is 16.8. The third-order valence-electron chi connectivity index (χ3n) is 22.3. The van der Waals surface area contributed by atoms with Crippen LogP contribution in [0, 0.1) is 0 Å². The summed E-state index contributed by atoms with van der Waals surface area (Å²) in [5.74, 6) is -0.279. The zero-order valence-electron chi connectivity index (χ0n) is 68.3. The molecule has 19 nitrogen and oxygen atoms in total. The number of rotatable bonds is 73. The fraction of sp³-hybridized carbons (Fsp3) is 0.899. The van der Waals surface area contributed by atoms with Crippen molar-refractivity contribution in [1.29, 1.82) is 0 Å². The first-order valence-electron chi connectivity index (χ1n) is 44.9. The highest BCUT2D eigenvalue weighted by Crippen LogP contribution is 2.34. The molecule has 3 heterocycles. The zero-order valence-corrected chi connectivity index (χ0v) is 68.3. The number of carbonyl (C=O) groups is 1. The number of amides is 1. The molecule has 3 saturated heterocycles. The van der Waals surface area contributed by atoms with Crippen molar-refractivity contribution in [2.45, 2.75) is 484 Å². The third-order valence-corrected chi connectivity index (χ3v) is 22.3. The minimum Gasteiger partial charge on any atom is -0.394 e. The van der Waals surface area contributed by atoms with E-state index >= 15 is 0 Å². The van der Waals surface area contributed by atoms with E-state index in [0.717, 1.165) is 44.9 Å². The summed E-state index contributed by atoms with van der Waals surface area (Å²) >= 11 is 0. The van der Waals surface area contributed by atoms with Crippen LogP contribution >= 0.6 is 0 Å². The molecular formula is C89H165NO18. The van der Waals surface area contributed by atoms with Crippen LogP contribution in [0.5, 0.6) is 0 Å². The summed E-state index contributed by atoms with van der Waals surface area (Å²) in [5, 5.41) is 121. The van der Waals surface area contributed by atoms with Crippen LogP contribution in [0.25, 0.3) is 0 Å². The molecular weight excluding hydrogens is 1370 g/mol. The van der Waals surface area contributed by atoms with E-state index in [1.54, 1.807) is 6.08 Å². The quantitative estimate of drug-likeness (QED) is 0.0199. The number of nitrogens with one attached hydrogen (secondary N) is 1. The Labute approximate surface area is 656 Å². The van der Waals surface area contributed by atoms with E-state index in [0.29, 0.717) is 12.8 Å². The van der Waals surface area contributed by atoms with Crippen LogP contribution in [0.1, 0.15) is 380 Å². The van der Waals surface area contributed by atoms with E-state index in [-0.39, 0.29) is 18.9 Å². The first-order chi connectivity index (χ1) is 52.8. The van der Waals surface area contributed by atoms with Gasteiger partial charge in [0.05, 0.1) is 38.6 Å². The summed E-state index contributed by atoms with van der Waals surface area (Å²) in [6.07, 6.45) is 62.7. The number of aliphatic hydroxyl groups excluding tert-OH is 11. The molecule has 0 saturated carbocycles. The summed E-state index contributed by atoms with van der Waals surface area (Å²) in [4.78, 5) is 13.5. The highest BCUT2D eigenvalue weighted by molar-refractivity contribution is 5.76. The molecule has 0 aliphatic carbocycles. The van der Waals surface area contributed by atoms with E-state index in [9.17, 15) is 61.0 Å². The maximum Gasteiger partial charge on any atom is 0.220 e. The van der Waals surface area contributed by atoms with Crippen molar-refractivity contribution in [3.8, 4) is 0 Å². The summed E-state index contributed by atoms with van der Waals surface area (Å²) in [6.45, 7) is 1.77. The van der Waals surface area contributed by atoms with Crippen molar-refractivity contribution in [2.24, 2.45) is 0 Å². The number of hydrogen-bond donors (Lipinski definition) is 12. The molecule has 17 unspecified atom stereocenters. The fourth-order valence-corrected chi connectivity index (χ4v) is 15.2. The van der Waals surface area contributed by atoms with Crippen molar-refractivity contribution >= 4 is 5.91 Å². The molecule has 0 aromatic carbocycles. The largest absolute Gasteiger partial charge is 0.394 e. The van der Waals surface area contributed by atoms with Gasteiger partial charge in [-0.2, -0.15) is 0 Å². The molecule has 108 heavy (non-hydrogen) atoms. The predicted molar refractivity (Wildman–Crippen MR) is 434 cm³/mol. The van der Waals surface area contributed by atoms with E-state index in [1.807, 2.05) is 6.08 Å². The van der Waals surface area contributed by atoms with Crippen LogP contribution in [0.3, 0.4) is 0 Å². The molecule has 0 aromatic heterocycles. The van der Waals surface area contributed by atoms with Gasteiger partial charge in [0.1, 0.15) is 73.2 Å². The van der Waals surface area contributed by atoms with Gasteiger partial charge in [0, 0.05) is 6.42 Å². The Balaban J connectivity index is 1.34. The smallest absolute Gasteiger partial charge is 0.220 e. The van der Waals surface area contributed by atoms with Crippen molar-refractivity contribution in [2.75, 3.05) is 26.4 Å². The summed E-state index contributed by atoms with van der Waals surface area (Å²) in [6, 6.07) is -0.992. The van der Waals surface area contributed by atoms with Crippen LogP contribution in [0.4, 0.5) is 0 Å². The summed E-state index contributed by atoms with van der Waals surface area (Å²) < 4.78 is 34.5. The van der Waals surface area contributed by atoms with Crippen molar-refractivity contribution in [3.05, 3.63) is 48.6 Å². The van der Waals surface area contributed by atoms with Gasteiger partial charge in [-0.05, 0) is 64.2 Å². The zero-order chi connectivity index (χ0) is 78.1. The number of allylic oxidation sites excluding steroid dienone is 7. The molecule has 19 heteroatoms. The van der Waals surface area contributed by atoms with E-state index in [2.05, 4.69) is 55.6 Å². The number of unbranched alkanes of at least 4 members (excludes halogenated alkanes) is 51. The maximum atomic E-state index is 13.5. The van der Waals surface area contributed by atoms with Crippen LogP contribution in [-0.2, 0) is 33.2 Å². The molecule has 1 amide bonds. The van der Waals surface area contributed by atoms with Crippen LogP contribution in [0.2, 0.25) is 0 Å². The molecule has 3 fully saturated rings. The molecule has 0 spiro atoms. The molecule has 0 radical (unpaired) electrons. The minimum absolute atomic E-state index is 0.238. The first-order valence-corrected chi connectivity index (χ1v) is 44.9. The fourth-order valence-electron chi connectivity index (χ4n) is 15.2. The Bertz CT molecular complexity index is 2130. The van der Waals surface area contributed by atoms with Crippen molar-refractivity contribution < 1.29 is 89.4 Å². The van der Waals surface area contributed by atoms with Crippen molar-refractivity contribution in [1.82, 2.24) is 5.32 Å². The molecule has 0 bridgehead atoms. The van der Waals surface area contributed by atoms with Crippen LogP contribution in [0.15, 0.2) is 48.6 Å². The van der Waals surface area contributed by atoms with Gasteiger partial charge in [-0.25, -0.2) is 0 Å². The Kier molecular flexibility index (Phi) is 63.9. The lowest BCUT2D eigenvalue weighted by Crippen LogP contribution is -2.66. The van der Waals surface area contributed by atoms with Gasteiger partial charge in [-0.1, -0.05) is 358 Å². The summed E-state index contributed by atoms with van der Waals surface area (Å²) in [7, 11) is 0. The second-order valence-electron chi connectivity index (χ2n) is 32.1. The Morgan fingerprint density at radius 1 is 0.333 bits per heavy atom. The highest BCUT2D eigenvalue weighted by Gasteiger charge is 2.54. The van der Waals surface area contributed by atoms with Gasteiger partial charge in [0.15, 0.2) is 18.9 Å². The SMILES string of the molecule is CCCCCCC/C=C\C/C=C\CCCCCCCCCCCCCCCCCCCCCC(=O)NC(COC1OC(CO)C(OC2OC(CO)C(OC3OC(CO)C(O)C(O)C3O)C(O)C2O)C(O)C1O)C(O)/C=C/CC/C=C/CCCCCCCCCCCCCCCCCCCCCCCCCCCC. The second-order valence-corrected chi connectivity index (χ2v) is 32.1. The van der Waals surface area contributed by atoms with Crippen molar-refractivity contribution in [3.63, 3.8) is 0 Å². The Hall–Kier alpha value is -2.25. The molecule has 0 aromatic rings. The normalized spacial score (nSPS) is 25.6.